The maximum absolute atomic E-state index is 9.50. The first-order valence-electron chi connectivity index (χ1n) is 2.72. The van der Waals surface area contributed by atoms with Gasteiger partial charge in [0, 0.05) is 6.54 Å². The first-order chi connectivity index (χ1) is 3.91. The van der Waals surface area contributed by atoms with Gasteiger partial charge in [-0.15, -0.1) is 0 Å². The molecule has 3 N–H and O–H groups in total. The lowest BCUT2D eigenvalue weighted by molar-refractivity contribution is 0.539. The highest BCUT2D eigenvalue weighted by atomic mass is 16.1. The highest BCUT2D eigenvalue weighted by molar-refractivity contribution is 5.46. The van der Waals surface area contributed by atoms with Crippen LogP contribution in [0.2, 0.25) is 0 Å². The van der Waals surface area contributed by atoms with Gasteiger partial charge >= 0.3 is 6.41 Å². The molecule has 0 unspecified atom stereocenters. The summed E-state index contributed by atoms with van der Waals surface area (Å²) in [7, 11) is 0. The monoisotopic (exact) mass is 115 g/mol. The van der Waals surface area contributed by atoms with Gasteiger partial charge in [0.1, 0.15) is 0 Å². The number of unbranched alkanes of at least 4 members (excludes halogenated alkanes) is 1. The maximum atomic E-state index is 9.50. The van der Waals surface area contributed by atoms with E-state index in [1.165, 1.54) is 0 Å². The molecule has 8 heavy (non-hydrogen) atoms. The molecule has 0 saturated heterocycles. The summed E-state index contributed by atoms with van der Waals surface area (Å²) in [4.78, 5) is 9.50. The standard InChI is InChI=1S/C5H11N2O/c6-3-1-2-4-7-5-8/h1-4,6H2,(H,7,8). The third-order valence-electron chi connectivity index (χ3n) is 0.828. The molecule has 0 aromatic heterocycles. The van der Waals surface area contributed by atoms with Crippen molar-refractivity contribution in [1.82, 2.24) is 5.32 Å². The maximum Gasteiger partial charge on any atom is 0.309 e. The van der Waals surface area contributed by atoms with Gasteiger partial charge in [0.25, 0.3) is 0 Å². The Kier molecular flexibility index (Phi) is 5.97. The summed E-state index contributed by atoms with van der Waals surface area (Å²) in [5, 5.41) is 2.42. The normalized spacial score (nSPS) is 8.62. The summed E-state index contributed by atoms with van der Waals surface area (Å²) in [5.74, 6) is 0. The lowest BCUT2D eigenvalue weighted by atomic mass is 10.3. The number of hydrogen-bond donors (Lipinski definition) is 2. The van der Waals surface area contributed by atoms with E-state index in [1.54, 1.807) is 6.41 Å². The highest BCUT2D eigenvalue weighted by Crippen LogP contribution is 1.79. The Bertz CT molecular complexity index is 56.4. The van der Waals surface area contributed by atoms with E-state index in [4.69, 9.17) is 5.73 Å². The van der Waals surface area contributed by atoms with Crippen LogP contribution in [0.4, 0.5) is 0 Å². The van der Waals surface area contributed by atoms with Crippen LogP contribution in [0.1, 0.15) is 12.8 Å². The van der Waals surface area contributed by atoms with Gasteiger partial charge in [-0.05, 0) is 19.4 Å². The fraction of sp³-hybridized carbons (Fsp3) is 0.800. The largest absolute Gasteiger partial charge is 0.348 e. The van der Waals surface area contributed by atoms with Gasteiger partial charge in [0.2, 0.25) is 0 Å². The van der Waals surface area contributed by atoms with Gasteiger partial charge in [-0.3, -0.25) is 4.79 Å². The van der Waals surface area contributed by atoms with Crippen molar-refractivity contribution in [2.24, 2.45) is 5.73 Å². The number of amides is 1. The lowest BCUT2D eigenvalue weighted by Crippen LogP contribution is -2.13. The van der Waals surface area contributed by atoms with E-state index in [9.17, 15) is 4.79 Å². The first-order valence-corrected chi connectivity index (χ1v) is 2.72. The van der Waals surface area contributed by atoms with E-state index in [0.29, 0.717) is 13.1 Å². The van der Waals surface area contributed by atoms with Gasteiger partial charge in [0.15, 0.2) is 0 Å². The molecule has 3 heteroatoms. The minimum absolute atomic E-state index is 0.695. The molecule has 0 saturated carbocycles. The van der Waals surface area contributed by atoms with Crippen LogP contribution >= 0.6 is 0 Å². The SMILES string of the molecule is NCCCCN[C]=O. The number of rotatable bonds is 5. The van der Waals surface area contributed by atoms with E-state index in [0.717, 1.165) is 12.8 Å². The van der Waals surface area contributed by atoms with Crippen molar-refractivity contribution in [3.63, 3.8) is 0 Å². The minimum Gasteiger partial charge on any atom is -0.348 e. The molecule has 1 radical (unpaired) electrons. The van der Waals surface area contributed by atoms with Gasteiger partial charge in [-0.2, -0.15) is 0 Å². The number of nitrogens with two attached hydrogens (primary N) is 1. The fourth-order valence-corrected chi connectivity index (χ4v) is 0.409. The average molecular weight is 115 g/mol. The lowest BCUT2D eigenvalue weighted by Gasteiger charge is -1.93. The van der Waals surface area contributed by atoms with Crippen LogP contribution in [0.5, 0.6) is 0 Å². The van der Waals surface area contributed by atoms with Crippen molar-refractivity contribution in [2.45, 2.75) is 12.8 Å². The second kappa shape index (κ2) is 6.43. The summed E-state index contributed by atoms with van der Waals surface area (Å²) < 4.78 is 0. The molecule has 0 aromatic rings. The topological polar surface area (TPSA) is 55.1 Å². The molecule has 0 aliphatic carbocycles. The van der Waals surface area contributed by atoms with Crippen molar-refractivity contribution < 1.29 is 4.79 Å². The second-order valence-corrected chi connectivity index (χ2v) is 1.52. The quantitative estimate of drug-likeness (QED) is 0.370. The van der Waals surface area contributed by atoms with E-state index in [1.807, 2.05) is 0 Å². The third kappa shape index (κ3) is 5.43. The van der Waals surface area contributed by atoms with Crippen molar-refractivity contribution >= 4 is 6.41 Å². The molecule has 3 nitrogen and oxygen atoms in total. The van der Waals surface area contributed by atoms with Crippen LogP contribution in [0.3, 0.4) is 0 Å². The summed E-state index contributed by atoms with van der Waals surface area (Å²) in [5.41, 5.74) is 5.18. The molecule has 47 valence electrons. The molecule has 0 bridgehead atoms. The molecule has 0 rings (SSSR count). The molecule has 0 spiro atoms. The van der Waals surface area contributed by atoms with E-state index in [-0.39, 0.29) is 0 Å². The average Bonchev–Trinajstić information content (AvgIpc) is 1.81. The highest BCUT2D eigenvalue weighted by Gasteiger charge is 1.81. The predicted octanol–water partition coefficient (Wildman–Crippen LogP) is -0.618. The van der Waals surface area contributed by atoms with Crippen molar-refractivity contribution in [2.75, 3.05) is 13.1 Å². The van der Waals surface area contributed by atoms with Gasteiger partial charge < -0.3 is 11.1 Å². The Morgan fingerprint density at radius 2 is 2.25 bits per heavy atom. The molecule has 0 aliphatic rings. The van der Waals surface area contributed by atoms with Gasteiger partial charge in [-0.1, -0.05) is 0 Å². The number of nitrogens with one attached hydrogen (secondary N) is 1. The van der Waals surface area contributed by atoms with Crippen LogP contribution in [0, 0.1) is 0 Å². The minimum atomic E-state index is 0.695. The van der Waals surface area contributed by atoms with Crippen molar-refractivity contribution in [3.8, 4) is 0 Å². The van der Waals surface area contributed by atoms with Crippen LogP contribution in [0.25, 0.3) is 0 Å². The van der Waals surface area contributed by atoms with Crippen LogP contribution in [-0.4, -0.2) is 19.5 Å². The van der Waals surface area contributed by atoms with Crippen LogP contribution in [-0.2, 0) is 4.79 Å². The van der Waals surface area contributed by atoms with Gasteiger partial charge in [-0.25, -0.2) is 0 Å². The smallest absolute Gasteiger partial charge is 0.309 e. The molecule has 0 heterocycles. The van der Waals surface area contributed by atoms with Crippen LogP contribution < -0.4 is 11.1 Å². The zero-order chi connectivity index (χ0) is 6.24. The Morgan fingerprint density at radius 1 is 1.50 bits per heavy atom. The van der Waals surface area contributed by atoms with Crippen molar-refractivity contribution in [1.29, 1.82) is 0 Å². The summed E-state index contributed by atoms with van der Waals surface area (Å²) in [6, 6.07) is 0. The molecule has 0 fully saturated rings. The summed E-state index contributed by atoms with van der Waals surface area (Å²) in [6.07, 6.45) is 3.50. The zero-order valence-electron chi connectivity index (χ0n) is 4.81. The Labute approximate surface area is 49.3 Å². The van der Waals surface area contributed by atoms with E-state index >= 15 is 0 Å². The van der Waals surface area contributed by atoms with Crippen molar-refractivity contribution in [3.05, 3.63) is 0 Å². The predicted molar refractivity (Wildman–Crippen MR) is 32.0 cm³/mol. The van der Waals surface area contributed by atoms with Crippen LogP contribution in [0.15, 0.2) is 0 Å². The molecule has 1 amide bonds. The van der Waals surface area contributed by atoms with E-state index in [2.05, 4.69) is 5.32 Å². The molecular formula is C5H11N2O. The Morgan fingerprint density at radius 3 is 2.75 bits per heavy atom. The Balaban J connectivity index is 2.62. The number of hydrogen-bond acceptors (Lipinski definition) is 2. The molecule has 0 atom stereocenters. The Hall–Kier alpha value is -0.570. The first kappa shape index (κ1) is 7.43. The van der Waals surface area contributed by atoms with Gasteiger partial charge in [0.05, 0.1) is 0 Å². The third-order valence-corrected chi connectivity index (χ3v) is 0.828. The molecular weight excluding hydrogens is 104 g/mol. The zero-order valence-corrected chi connectivity index (χ0v) is 4.81. The summed E-state index contributed by atoms with van der Waals surface area (Å²) >= 11 is 0. The molecule has 0 aromatic carbocycles. The van der Waals surface area contributed by atoms with E-state index < -0.39 is 0 Å². The molecule has 0 aliphatic heterocycles. The number of carbonyl (C=O) groups excluding carboxylic acids is 1. The summed E-state index contributed by atoms with van der Waals surface area (Å²) in [6.45, 7) is 1.39. The fourth-order valence-electron chi connectivity index (χ4n) is 0.409. The second-order valence-electron chi connectivity index (χ2n) is 1.52.